The van der Waals surface area contributed by atoms with Gasteiger partial charge in [0, 0.05) is 29.0 Å². The van der Waals surface area contributed by atoms with Crippen LogP contribution in [0.5, 0.6) is 17.4 Å². The van der Waals surface area contributed by atoms with Crippen molar-refractivity contribution >= 4 is 39.3 Å². The van der Waals surface area contributed by atoms with Gasteiger partial charge in [0.15, 0.2) is 5.69 Å². The first-order valence-electron chi connectivity index (χ1n) is 11.9. The molecular weight excluding hydrogens is 486 g/mol. The van der Waals surface area contributed by atoms with Gasteiger partial charge in [-0.25, -0.2) is 0 Å². The maximum absolute atomic E-state index is 12.8. The molecule has 5 rings (SSSR count). The monoisotopic (exact) mass is 511 g/mol. The van der Waals surface area contributed by atoms with Gasteiger partial charge in [0.2, 0.25) is 11.8 Å². The molecular formula is C28H25N5O5. The number of para-hydroxylation sites is 2. The fourth-order valence-electron chi connectivity index (χ4n) is 4.36. The Labute approximate surface area is 217 Å². The van der Waals surface area contributed by atoms with E-state index in [9.17, 15) is 19.8 Å². The van der Waals surface area contributed by atoms with Crippen LogP contribution in [0.4, 0.5) is 5.69 Å². The lowest BCUT2D eigenvalue weighted by atomic mass is 10.1. The smallest absolute Gasteiger partial charge is 0.299 e. The third-order valence-electron chi connectivity index (χ3n) is 6.29. The standard InChI is InChI=1S/C28H25N5O5/c1-38-18-10-11-22-21(14-18)17(15-30-22)12-13-29-25(35)16-33-23-8-4-2-6-19(23)26(28(33)37)31-32-27(36)20-7-3-5-9-24(20)34/h2-11,14-15,30,34,37H,12-13,16H2,1H3,(H,29,35). The molecule has 0 unspecified atom stereocenters. The number of carbonyl (C=O) groups excluding carboxylic acids is 2. The maximum Gasteiger partial charge on any atom is 0.299 e. The van der Waals surface area contributed by atoms with Gasteiger partial charge in [-0.05, 0) is 48.4 Å². The van der Waals surface area contributed by atoms with Crippen molar-refractivity contribution in [2.45, 2.75) is 13.0 Å². The van der Waals surface area contributed by atoms with Crippen LogP contribution < -0.4 is 10.1 Å². The van der Waals surface area contributed by atoms with Crippen LogP contribution in [0.1, 0.15) is 15.9 Å². The second-order valence-electron chi connectivity index (χ2n) is 8.62. The molecule has 2 amide bonds. The molecule has 38 heavy (non-hydrogen) atoms. The van der Waals surface area contributed by atoms with Crippen LogP contribution in [-0.4, -0.2) is 45.2 Å². The zero-order valence-electron chi connectivity index (χ0n) is 20.5. The minimum absolute atomic E-state index is 0.00694. The van der Waals surface area contributed by atoms with Gasteiger partial charge >= 0.3 is 0 Å². The molecule has 192 valence electrons. The van der Waals surface area contributed by atoms with E-state index >= 15 is 0 Å². The number of amides is 2. The summed E-state index contributed by atoms with van der Waals surface area (Å²) in [5, 5.41) is 32.9. The van der Waals surface area contributed by atoms with Gasteiger partial charge in [0.05, 0.1) is 18.2 Å². The van der Waals surface area contributed by atoms with Crippen LogP contribution in [0, 0.1) is 0 Å². The Hall–Kier alpha value is -5.12. The summed E-state index contributed by atoms with van der Waals surface area (Å²) in [7, 11) is 1.62. The van der Waals surface area contributed by atoms with Crippen molar-refractivity contribution in [2.24, 2.45) is 10.2 Å². The van der Waals surface area contributed by atoms with Gasteiger partial charge in [-0.3, -0.25) is 9.59 Å². The van der Waals surface area contributed by atoms with Crippen molar-refractivity contribution in [3.8, 4) is 17.4 Å². The largest absolute Gasteiger partial charge is 0.507 e. The number of methoxy groups -OCH3 is 1. The zero-order valence-corrected chi connectivity index (χ0v) is 20.5. The van der Waals surface area contributed by atoms with Crippen molar-refractivity contribution < 1.29 is 24.5 Å². The Balaban J connectivity index is 1.31. The topological polar surface area (TPSA) is 141 Å². The highest BCUT2D eigenvalue weighted by Gasteiger charge is 2.19. The van der Waals surface area contributed by atoms with E-state index in [1.807, 2.05) is 24.4 Å². The zero-order chi connectivity index (χ0) is 26.6. The molecule has 0 saturated carbocycles. The van der Waals surface area contributed by atoms with E-state index in [2.05, 4.69) is 20.5 Å². The number of hydrogen-bond donors (Lipinski definition) is 4. The van der Waals surface area contributed by atoms with Crippen LogP contribution in [0.2, 0.25) is 0 Å². The van der Waals surface area contributed by atoms with Crippen molar-refractivity contribution in [3.63, 3.8) is 0 Å². The molecule has 2 aromatic heterocycles. The number of ether oxygens (including phenoxy) is 1. The summed E-state index contributed by atoms with van der Waals surface area (Å²) in [6, 6.07) is 18.8. The van der Waals surface area contributed by atoms with Crippen molar-refractivity contribution in [1.82, 2.24) is 14.9 Å². The molecule has 0 fully saturated rings. The lowest BCUT2D eigenvalue weighted by Crippen LogP contribution is -2.29. The molecule has 0 bridgehead atoms. The van der Waals surface area contributed by atoms with Crippen LogP contribution in [0.25, 0.3) is 21.8 Å². The highest BCUT2D eigenvalue weighted by molar-refractivity contribution is 5.99. The van der Waals surface area contributed by atoms with E-state index in [4.69, 9.17) is 4.74 Å². The summed E-state index contributed by atoms with van der Waals surface area (Å²) < 4.78 is 6.72. The Morgan fingerprint density at radius 2 is 1.82 bits per heavy atom. The van der Waals surface area contributed by atoms with Crippen molar-refractivity contribution in [2.75, 3.05) is 13.7 Å². The Kier molecular flexibility index (Phi) is 6.77. The van der Waals surface area contributed by atoms with E-state index in [1.165, 1.54) is 16.7 Å². The molecule has 0 saturated heterocycles. The van der Waals surface area contributed by atoms with Gasteiger partial charge in [-0.1, -0.05) is 30.3 Å². The van der Waals surface area contributed by atoms with Crippen molar-refractivity contribution in [3.05, 3.63) is 84.1 Å². The highest BCUT2D eigenvalue weighted by Crippen LogP contribution is 2.39. The summed E-state index contributed by atoms with van der Waals surface area (Å²) in [4.78, 5) is 28.4. The normalized spacial score (nSPS) is 11.4. The van der Waals surface area contributed by atoms with Crippen LogP contribution in [0.3, 0.4) is 0 Å². The number of azo groups is 1. The first-order valence-corrected chi connectivity index (χ1v) is 11.9. The van der Waals surface area contributed by atoms with Crippen LogP contribution in [0.15, 0.2) is 83.2 Å². The first-order chi connectivity index (χ1) is 18.5. The molecule has 3 aromatic carbocycles. The van der Waals surface area contributed by atoms with Gasteiger partial charge in [-0.2, -0.15) is 0 Å². The number of phenols is 1. The average molecular weight is 512 g/mol. The molecule has 0 atom stereocenters. The molecule has 10 nitrogen and oxygen atoms in total. The fourth-order valence-corrected chi connectivity index (χ4v) is 4.36. The second kappa shape index (κ2) is 10.5. The number of aromatic hydroxyl groups is 2. The molecule has 0 spiro atoms. The van der Waals surface area contributed by atoms with Gasteiger partial charge in [-0.15, -0.1) is 10.2 Å². The molecule has 5 aromatic rings. The molecule has 10 heteroatoms. The average Bonchev–Trinajstić information content (AvgIpc) is 3.45. The summed E-state index contributed by atoms with van der Waals surface area (Å²) in [5.41, 5.74) is 2.65. The number of rotatable bonds is 8. The predicted octanol–water partition coefficient (Wildman–Crippen LogP) is 4.83. The van der Waals surface area contributed by atoms with Gasteiger partial charge < -0.3 is 29.8 Å². The Bertz CT molecular complexity index is 1680. The number of nitrogens with zero attached hydrogens (tertiary/aromatic N) is 3. The van der Waals surface area contributed by atoms with Crippen LogP contribution in [-0.2, 0) is 17.8 Å². The lowest BCUT2D eigenvalue weighted by Gasteiger charge is -2.08. The van der Waals surface area contributed by atoms with Gasteiger partial charge in [0.25, 0.3) is 5.91 Å². The van der Waals surface area contributed by atoms with E-state index in [0.717, 1.165) is 22.2 Å². The summed E-state index contributed by atoms with van der Waals surface area (Å²) in [6.45, 7) is 0.238. The molecule has 2 heterocycles. The number of H-pyrrole nitrogens is 1. The van der Waals surface area contributed by atoms with E-state index in [0.29, 0.717) is 23.9 Å². The quantitative estimate of drug-likeness (QED) is 0.221. The second-order valence-corrected chi connectivity index (χ2v) is 8.62. The predicted molar refractivity (Wildman–Crippen MR) is 142 cm³/mol. The van der Waals surface area contributed by atoms with Crippen molar-refractivity contribution in [1.29, 1.82) is 0 Å². The number of aromatic nitrogens is 2. The van der Waals surface area contributed by atoms with E-state index in [1.54, 1.807) is 43.5 Å². The summed E-state index contributed by atoms with van der Waals surface area (Å²) in [6.07, 6.45) is 2.51. The molecule has 4 N–H and O–H groups in total. The molecule has 0 aliphatic heterocycles. The third kappa shape index (κ3) is 4.79. The maximum atomic E-state index is 12.8. The minimum atomic E-state index is -0.757. The number of aromatic amines is 1. The van der Waals surface area contributed by atoms with Gasteiger partial charge in [0.1, 0.15) is 18.0 Å². The third-order valence-corrected chi connectivity index (χ3v) is 6.29. The molecule has 0 radical (unpaired) electrons. The number of phenolic OH excluding ortho intramolecular Hbond substituents is 1. The highest BCUT2D eigenvalue weighted by atomic mass is 16.5. The fraction of sp³-hybridized carbons (Fsp3) is 0.143. The summed E-state index contributed by atoms with van der Waals surface area (Å²) in [5.74, 6) is -0.808. The van der Waals surface area contributed by atoms with E-state index in [-0.39, 0.29) is 35.3 Å². The number of hydrogen-bond acceptors (Lipinski definition) is 6. The molecule has 0 aliphatic carbocycles. The Morgan fingerprint density at radius 1 is 1.03 bits per heavy atom. The first kappa shape index (κ1) is 24.6. The number of benzene rings is 3. The lowest BCUT2D eigenvalue weighted by molar-refractivity contribution is -0.121. The number of nitrogens with one attached hydrogen (secondary N) is 2. The minimum Gasteiger partial charge on any atom is -0.507 e. The molecule has 0 aliphatic rings. The van der Waals surface area contributed by atoms with Crippen LogP contribution >= 0.6 is 0 Å². The van der Waals surface area contributed by atoms with E-state index < -0.39 is 5.91 Å². The number of fused-ring (bicyclic) bond motifs is 2. The Morgan fingerprint density at radius 3 is 2.63 bits per heavy atom. The summed E-state index contributed by atoms with van der Waals surface area (Å²) >= 11 is 0. The number of carbonyl (C=O) groups is 2. The SMILES string of the molecule is COc1ccc2[nH]cc(CCNC(=O)Cn3c(O)c(N=NC(=O)c4ccccc4O)c4ccccc43)c2c1.